The van der Waals surface area contributed by atoms with Gasteiger partial charge in [-0.15, -0.1) is 0 Å². The molecule has 0 unspecified atom stereocenters. The smallest absolute Gasteiger partial charge is 0.337 e. The van der Waals surface area contributed by atoms with Gasteiger partial charge in [0.1, 0.15) is 0 Å². The summed E-state index contributed by atoms with van der Waals surface area (Å²) in [5.41, 5.74) is 4.49. The van der Waals surface area contributed by atoms with E-state index < -0.39 is 5.97 Å². The van der Waals surface area contributed by atoms with Crippen LogP contribution in [0.15, 0.2) is 60.8 Å². The van der Waals surface area contributed by atoms with Crippen molar-refractivity contribution < 1.29 is 9.90 Å². The van der Waals surface area contributed by atoms with Crippen LogP contribution in [0.25, 0.3) is 5.69 Å². The third kappa shape index (κ3) is 3.06. The maximum atomic E-state index is 11.5. The van der Waals surface area contributed by atoms with E-state index in [1.165, 1.54) is 11.1 Å². The van der Waals surface area contributed by atoms with E-state index in [0.29, 0.717) is 5.69 Å². The zero-order chi connectivity index (χ0) is 17.2. The van der Waals surface area contributed by atoms with Gasteiger partial charge in [-0.2, -0.15) is 5.10 Å². The summed E-state index contributed by atoms with van der Waals surface area (Å²) >= 11 is 0. The molecule has 0 atom stereocenters. The molecule has 5 heteroatoms. The molecular weight excluding hydrogens is 314 g/mol. The van der Waals surface area contributed by atoms with Crippen molar-refractivity contribution in [3.63, 3.8) is 0 Å². The second kappa shape index (κ2) is 6.53. The third-order valence-corrected chi connectivity index (χ3v) is 4.63. The van der Waals surface area contributed by atoms with Crippen molar-refractivity contribution in [2.24, 2.45) is 0 Å². The summed E-state index contributed by atoms with van der Waals surface area (Å²) in [4.78, 5) is 13.9. The van der Waals surface area contributed by atoms with E-state index in [0.717, 1.165) is 31.7 Å². The molecule has 0 saturated heterocycles. The van der Waals surface area contributed by atoms with Gasteiger partial charge in [0.05, 0.1) is 23.1 Å². The Hall–Kier alpha value is -2.92. The third-order valence-electron chi connectivity index (χ3n) is 4.63. The van der Waals surface area contributed by atoms with Crippen molar-refractivity contribution in [1.29, 1.82) is 0 Å². The van der Waals surface area contributed by atoms with Gasteiger partial charge in [0.2, 0.25) is 0 Å². The van der Waals surface area contributed by atoms with E-state index in [-0.39, 0.29) is 5.56 Å². The van der Waals surface area contributed by atoms with Gasteiger partial charge >= 0.3 is 5.97 Å². The molecular formula is C20H19N3O2. The Kier molecular flexibility index (Phi) is 4.07. The van der Waals surface area contributed by atoms with Gasteiger partial charge in [-0.1, -0.05) is 42.5 Å². The van der Waals surface area contributed by atoms with Crippen molar-refractivity contribution >= 4 is 5.97 Å². The van der Waals surface area contributed by atoms with Gasteiger partial charge in [-0.05, 0) is 17.7 Å². The summed E-state index contributed by atoms with van der Waals surface area (Å²) in [5, 5.41) is 13.9. The molecule has 1 aliphatic heterocycles. The van der Waals surface area contributed by atoms with Crippen LogP contribution in [0, 0.1) is 0 Å². The zero-order valence-electron chi connectivity index (χ0n) is 13.8. The molecule has 0 aliphatic carbocycles. The van der Waals surface area contributed by atoms with E-state index in [2.05, 4.69) is 34.3 Å². The van der Waals surface area contributed by atoms with Gasteiger partial charge in [0, 0.05) is 31.6 Å². The second-order valence-electron chi connectivity index (χ2n) is 6.30. The van der Waals surface area contributed by atoms with E-state index in [1.54, 1.807) is 16.8 Å². The van der Waals surface area contributed by atoms with Crippen LogP contribution in [0.3, 0.4) is 0 Å². The fraction of sp³-hybridized carbons (Fsp3) is 0.200. The first-order valence-electron chi connectivity index (χ1n) is 8.37. The molecule has 0 radical (unpaired) electrons. The molecule has 1 aromatic heterocycles. The molecule has 0 amide bonds. The molecule has 0 spiro atoms. The first kappa shape index (κ1) is 15.6. The quantitative estimate of drug-likeness (QED) is 0.797. The molecule has 3 aromatic rings. The lowest BCUT2D eigenvalue weighted by Gasteiger charge is -2.27. The number of fused-ring (bicyclic) bond motifs is 1. The van der Waals surface area contributed by atoms with Crippen LogP contribution < -0.4 is 0 Å². The Morgan fingerprint density at radius 2 is 1.84 bits per heavy atom. The number of nitrogens with zero attached hydrogens (tertiary/aromatic N) is 3. The summed E-state index contributed by atoms with van der Waals surface area (Å²) < 4.78 is 1.79. The second-order valence-corrected chi connectivity index (χ2v) is 6.30. The summed E-state index contributed by atoms with van der Waals surface area (Å²) in [5.74, 6) is -0.929. The SMILES string of the molecule is O=C(O)c1ccccc1-n1ncc2c1CCN(Cc1ccccc1)C2. The summed E-state index contributed by atoms with van der Waals surface area (Å²) in [6.07, 6.45) is 2.72. The lowest BCUT2D eigenvalue weighted by Crippen LogP contribution is -2.30. The number of carbonyl (C=O) groups is 1. The van der Waals surface area contributed by atoms with Crippen molar-refractivity contribution in [2.45, 2.75) is 19.5 Å². The zero-order valence-corrected chi connectivity index (χ0v) is 13.8. The lowest BCUT2D eigenvalue weighted by atomic mass is 10.1. The minimum Gasteiger partial charge on any atom is -0.478 e. The van der Waals surface area contributed by atoms with Crippen LogP contribution in [0.1, 0.15) is 27.2 Å². The van der Waals surface area contributed by atoms with Crippen LogP contribution in [0.2, 0.25) is 0 Å². The predicted molar refractivity (Wildman–Crippen MR) is 94.8 cm³/mol. The Balaban J connectivity index is 1.60. The highest BCUT2D eigenvalue weighted by Crippen LogP contribution is 2.24. The molecule has 25 heavy (non-hydrogen) atoms. The van der Waals surface area contributed by atoms with E-state index in [9.17, 15) is 9.90 Å². The predicted octanol–water partition coefficient (Wildman–Crippen LogP) is 3.13. The van der Waals surface area contributed by atoms with Crippen molar-refractivity contribution in [3.8, 4) is 5.69 Å². The van der Waals surface area contributed by atoms with Crippen molar-refractivity contribution in [2.75, 3.05) is 6.54 Å². The monoisotopic (exact) mass is 333 g/mol. The molecule has 0 bridgehead atoms. The molecule has 4 rings (SSSR count). The average Bonchev–Trinajstić information content (AvgIpc) is 3.05. The number of aromatic carboxylic acids is 1. The Morgan fingerprint density at radius 3 is 2.64 bits per heavy atom. The Bertz CT molecular complexity index is 902. The molecule has 126 valence electrons. The number of aromatic nitrogens is 2. The Morgan fingerprint density at radius 1 is 1.08 bits per heavy atom. The number of carboxylic acid groups (broad SMARTS) is 1. The van der Waals surface area contributed by atoms with E-state index in [4.69, 9.17) is 0 Å². The number of benzene rings is 2. The fourth-order valence-corrected chi connectivity index (χ4v) is 3.41. The number of carboxylic acids is 1. The number of hydrogen-bond donors (Lipinski definition) is 1. The first-order chi connectivity index (χ1) is 12.2. The lowest BCUT2D eigenvalue weighted by molar-refractivity contribution is 0.0696. The topological polar surface area (TPSA) is 58.4 Å². The molecule has 1 aliphatic rings. The largest absolute Gasteiger partial charge is 0.478 e. The number of rotatable bonds is 4. The highest BCUT2D eigenvalue weighted by atomic mass is 16.4. The molecule has 1 N–H and O–H groups in total. The molecule has 5 nitrogen and oxygen atoms in total. The maximum Gasteiger partial charge on any atom is 0.337 e. The summed E-state index contributed by atoms with van der Waals surface area (Å²) in [6.45, 7) is 2.68. The standard InChI is InChI=1S/C20H19N3O2/c24-20(25)17-8-4-5-9-19(17)23-18-10-11-22(14-16(18)12-21-23)13-15-6-2-1-3-7-15/h1-9,12H,10-11,13-14H2,(H,24,25). The van der Waals surface area contributed by atoms with Crippen molar-refractivity contribution in [3.05, 3.63) is 83.2 Å². The molecule has 2 heterocycles. The average molecular weight is 333 g/mol. The molecule has 2 aromatic carbocycles. The normalized spacial score (nSPS) is 14.2. The van der Waals surface area contributed by atoms with Crippen LogP contribution in [0.5, 0.6) is 0 Å². The van der Waals surface area contributed by atoms with Gasteiger partial charge in [0.25, 0.3) is 0 Å². The summed E-state index contributed by atoms with van der Waals surface area (Å²) in [7, 11) is 0. The first-order valence-corrected chi connectivity index (χ1v) is 8.37. The van der Waals surface area contributed by atoms with Crippen LogP contribution >= 0.6 is 0 Å². The fourth-order valence-electron chi connectivity index (χ4n) is 3.41. The number of para-hydroxylation sites is 1. The highest BCUT2D eigenvalue weighted by molar-refractivity contribution is 5.91. The molecule has 0 fully saturated rings. The Labute approximate surface area is 146 Å². The van der Waals surface area contributed by atoms with E-state index in [1.807, 2.05) is 24.4 Å². The van der Waals surface area contributed by atoms with Gasteiger partial charge in [-0.25, -0.2) is 9.48 Å². The number of hydrogen-bond acceptors (Lipinski definition) is 3. The van der Waals surface area contributed by atoms with Crippen molar-refractivity contribution in [1.82, 2.24) is 14.7 Å². The molecule has 0 saturated carbocycles. The van der Waals surface area contributed by atoms with Gasteiger partial charge < -0.3 is 5.11 Å². The van der Waals surface area contributed by atoms with Gasteiger partial charge in [0.15, 0.2) is 0 Å². The highest BCUT2D eigenvalue weighted by Gasteiger charge is 2.23. The minimum atomic E-state index is -0.929. The minimum absolute atomic E-state index is 0.278. The van der Waals surface area contributed by atoms with Crippen LogP contribution in [-0.2, 0) is 19.5 Å². The van der Waals surface area contributed by atoms with E-state index >= 15 is 0 Å². The van der Waals surface area contributed by atoms with Crippen LogP contribution in [-0.4, -0.2) is 32.3 Å². The van der Waals surface area contributed by atoms with Crippen LogP contribution in [0.4, 0.5) is 0 Å². The van der Waals surface area contributed by atoms with Gasteiger partial charge in [-0.3, -0.25) is 4.90 Å². The summed E-state index contributed by atoms with van der Waals surface area (Å²) in [6, 6.07) is 17.5. The maximum absolute atomic E-state index is 11.5.